The third-order valence-electron chi connectivity index (χ3n) is 2.86. The number of hydrogen-bond donors (Lipinski definition) is 0. The summed E-state index contributed by atoms with van der Waals surface area (Å²) in [6, 6.07) is 11.9. The van der Waals surface area contributed by atoms with Crippen LogP contribution in [0, 0.1) is 7.14 Å². The highest BCUT2D eigenvalue weighted by Crippen LogP contribution is 2.27. The maximum atomic E-state index is 11.4. The molecule has 0 aliphatic heterocycles. The van der Waals surface area contributed by atoms with Gasteiger partial charge in [-0.15, -0.1) is 0 Å². The van der Waals surface area contributed by atoms with Gasteiger partial charge in [0.15, 0.2) is 6.29 Å². The smallest absolute Gasteiger partial charge is 0.151 e. The number of aromatic nitrogens is 1. The fourth-order valence-corrected chi connectivity index (χ4v) is 3.03. The van der Waals surface area contributed by atoms with Gasteiger partial charge in [-0.2, -0.15) is 0 Å². The molecule has 0 fully saturated rings. The fourth-order valence-electron chi connectivity index (χ4n) is 2.04. The van der Waals surface area contributed by atoms with Gasteiger partial charge in [0.25, 0.3) is 0 Å². The summed E-state index contributed by atoms with van der Waals surface area (Å²) in [6.07, 6.45) is 0.929. The van der Waals surface area contributed by atoms with Crippen molar-refractivity contribution in [3.8, 4) is 0 Å². The van der Waals surface area contributed by atoms with Gasteiger partial charge in [-0.3, -0.25) is 4.79 Å². The van der Waals surface area contributed by atoms with Crippen molar-refractivity contribution < 1.29 is 4.79 Å². The molecule has 0 spiro atoms. The molecule has 0 bridgehead atoms. The number of carbonyl (C=O) groups is 1. The highest BCUT2D eigenvalue weighted by Gasteiger charge is 2.09. The van der Waals surface area contributed by atoms with E-state index in [0.29, 0.717) is 0 Å². The number of carbonyl (C=O) groups excluding carboxylic acids is 1. The molecule has 0 aliphatic carbocycles. The molecule has 18 heavy (non-hydrogen) atoms. The van der Waals surface area contributed by atoms with E-state index in [-0.39, 0.29) is 0 Å². The normalized spacial score (nSPS) is 11.0. The van der Waals surface area contributed by atoms with Gasteiger partial charge in [-0.25, -0.2) is 4.98 Å². The van der Waals surface area contributed by atoms with Crippen LogP contribution < -0.4 is 0 Å². The minimum Gasteiger partial charge on any atom is -0.298 e. The SMILES string of the molecule is O=Cc1c2cc(I)ccc2nc2ccc(I)cc12. The van der Waals surface area contributed by atoms with Crippen LogP contribution in [-0.2, 0) is 0 Å². The third-order valence-corrected chi connectivity index (χ3v) is 4.20. The van der Waals surface area contributed by atoms with Crippen molar-refractivity contribution >= 4 is 73.3 Å². The number of halogens is 2. The molecule has 88 valence electrons. The average molecular weight is 459 g/mol. The van der Waals surface area contributed by atoms with Crippen LogP contribution in [0.1, 0.15) is 10.4 Å². The first kappa shape index (κ1) is 12.3. The van der Waals surface area contributed by atoms with Gasteiger partial charge in [0.2, 0.25) is 0 Å². The second-order valence-corrected chi connectivity index (χ2v) is 6.46. The van der Waals surface area contributed by atoms with E-state index in [1.165, 1.54) is 0 Å². The van der Waals surface area contributed by atoms with Crippen molar-refractivity contribution in [1.29, 1.82) is 0 Å². The van der Waals surface area contributed by atoms with Crippen LogP contribution in [0.2, 0.25) is 0 Å². The van der Waals surface area contributed by atoms with Crippen LogP contribution >= 0.6 is 45.2 Å². The van der Waals surface area contributed by atoms with Gasteiger partial charge in [-0.1, -0.05) is 0 Å². The number of pyridine rings is 1. The molecule has 0 saturated heterocycles. The molecule has 0 N–H and O–H groups in total. The summed E-state index contributed by atoms with van der Waals surface area (Å²) in [4.78, 5) is 16.0. The van der Waals surface area contributed by atoms with Crippen molar-refractivity contribution in [2.75, 3.05) is 0 Å². The van der Waals surface area contributed by atoms with E-state index in [9.17, 15) is 4.79 Å². The topological polar surface area (TPSA) is 30.0 Å². The van der Waals surface area contributed by atoms with Gasteiger partial charge in [0.05, 0.1) is 11.0 Å². The van der Waals surface area contributed by atoms with Gasteiger partial charge in [-0.05, 0) is 81.6 Å². The lowest BCUT2D eigenvalue weighted by Gasteiger charge is -2.06. The second-order valence-electron chi connectivity index (χ2n) is 3.97. The molecule has 2 nitrogen and oxygen atoms in total. The first-order valence-corrected chi connectivity index (χ1v) is 7.48. The lowest BCUT2D eigenvalue weighted by atomic mass is 10.0. The predicted octanol–water partition coefficient (Wildman–Crippen LogP) is 4.41. The Morgan fingerprint density at radius 2 is 1.39 bits per heavy atom. The lowest BCUT2D eigenvalue weighted by molar-refractivity contribution is 0.112. The molecule has 0 radical (unpaired) electrons. The maximum absolute atomic E-state index is 11.4. The van der Waals surface area contributed by atoms with Crippen LogP contribution in [0.25, 0.3) is 21.8 Å². The molecular formula is C14H7I2NO. The standard InChI is InChI=1S/C14H7I2NO/c15-8-1-3-13-10(5-8)12(7-18)11-6-9(16)2-4-14(11)17-13/h1-7H. The Morgan fingerprint density at radius 1 is 0.889 bits per heavy atom. The summed E-state index contributed by atoms with van der Waals surface area (Å²) in [5, 5.41) is 1.85. The molecular weight excluding hydrogens is 452 g/mol. The van der Waals surface area contributed by atoms with Crippen LogP contribution in [0.4, 0.5) is 0 Å². The largest absolute Gasteiger partial charge is 0.298 e. The quantitative estimate of drug-likeness (QED) is 0.307. The number of hydrogen-bond acceptors (Lipinski definition) is 2. The molecule has 1 aromatic heterocycles. The van der Waals surface area contributed by atoms with Gasteiger partial charge in [0, 0.05) is 23.5 Å². The second kappa shape index (κ2) is 4.73. The van der Waals surface area contributed by atoms with E-state index in [1.54, 1.807) is 0 Å². The average Bonchev–Trinajstić information content (AvgIpc) is 2.36. The van der Waals surface area contributed by atoms with Gasteiger partial charge in [0.1, 0.15) is 0 Å². The minimum absolute atomic E-state index is 0.729. The minimum atomic E-state index is 0.729. The van der Waals surface area contributed by atoms with Gasteiger partial charge >= 0.3 is 0 Å². The highest BCUT2D eigenvalue weighted by molar-refractivity contribution is 14.1. The number of fused-ring (bicyclic) bond motifs is 2. The molecule has 2 aromatic carbocycles. The summed E-state index contributed by atoms with van der Waals surface area (Å²) in [5.74, 6) is 0. The fraction of sp³-hybridized carbons (Fsp3) is 0. The summed E-state index contributed by atoms with van der Waals surface area (Å²) < 4.78 is 2.21. The van der Waals surface area contributed by atoms with Crippen molar-refractivity contribution in [3.05, 3.63) is 49.1 Å². The van der Waals surface area contributed by atoms with E-state index in [2.05, 4.69) is 50.2 Å². The predicted molar refractivity (Wildman–Crippen MR) is 90.1 cm³/mol. The molecule has 0 unspecified atom stereocenters. The highest BCUT2D eigenvalue weighted by atomic mass is 127. The Morgan fingerprint density at radius 3 is 1.83 bits per heavy atom. The molecule has 0 aliphatic rings. The molecule has 4 heteroatoms. The van der Waals surface area contributed by atoms with Crippen LogP contribution in [0.5, 0.6) is 0 Å². The Kier molecular flexibility index (Phi) is 3.23. The monoisotopic (exact) mass is 459 g/mol. The van der Waals surface area contributed by atoms with E-state index in [4.69, 9.17) is 0 Å². The third kappa shape index (κ3) is 2.01. The summed E-state index contributed by atoms with van der Waals surface area (Å²) in [5.41, 5.74) is 2.46. The van der Waals surface area contributed by atoms with E-state index in [1.807, 2.05) is 36.4 Å². The van der Waals surface area contributed by atoms with Crippen molar-refractivity contribution in [3.63, 3.8) is 0 Å². The molecule has 1 heterocycles. The van der Waals surface area contributed by atoms with Crippen molar-refractivity contribution in [1.82, 2.24) is 4.98 Å². The van der Waals surface area contributed by atoms with Crippen LogP contribution in [-0.4, -0.2) is 11.3 Å². The Hall–Kier alpha value is -0.760. The lowest BCUT2D eigenvalue weighted by Crippen LogP contribution is -1.92. The zero-order chi connectivity index (χ0) is 12.7. The Balaban J connectivity index is 2.57. The van der Waals surface area contributed by atoms with Gasteiger partial charge < -0.3 is 0 Å². The number of benzene rings is 2. The zero-order valence-corrected chi connectivity index (χ0v) is 13.5. The first-order chi connectivity index (χ1) is 8.69. The molecule has 3 aromatic rings. The van der Waals surface area contributed by atoms with Crippen molar-refractivity contribution in [2.24, 2.45) is 0 Å². The molecule has 0 amide bonds. The van der Waals surface area contributed by atoms with E-state index in [0.717, 1.165) is 40.8 Å². The van der Waals surface area contributed by atoms with Crippen LogP contribution in [0.3, 0.4) is 0 Å². The maximum Gasteiger partial charge on any atom is 0.151 e. The van der Waals surface area contributed by atoms with E-state index < -0.39 is 0 Å². The van der Waals surface area contributed by atoms with E-state index >= 15 is 0 Å². The number of rotatable bonds is 1. The number of nitrogens with zero attached hydrogens (tertiary/aromatic N) is 1. The first-order valence-electron chi connectivity index (χ1n) is 5.33. The summed E-state index contributed by atoms with van der Waals surface area (Å²) in [6.45, 7) is 0. The molecule has 0 atom stereocenters. The molecule has 3 rings (SSSR count). The zero-order valence-electron chi connectivity index (χ0n) is 9.15. The molecule has 0 saturated carbocycles. The summed E-state index contributed by atoms with van der Waals surface area (Å²) in [7, 11) is 0. The Bertz CT molecular complexity index is 723. The van der Waals surface area contributed by atoms with Crippen molar-refractivity contribution in [2.45, 2.75) is 0 Å². The van der Waals surface area contributed by atoms with Crippen LogP contribution in [0.15, 0.2) is 36.4 Å². The summed E-state index contributed by atoms with van der Waals surface area (Å²) >= 11 is 4.49. The number of aldehydes is 1. The Labute approximate surface area is 131 Å².